The molecular weight excluding hydrogens is 334 g/mol. The summed E-state index contributed by atoms with van der Waals surface area (Å²) in [5.74, 6) is 0.472. The number of benzene rings is 1. The lowest BCUT2D eigenvalue weighted by Gasteiger charge is -2.08. The van der Waals surface area contributed by atoms with Crippen molar-refractivity contribution in [1.29, 1.82) is 0 Å². The van der Waals surface area contributed by atoms with Crippen molar-refractivity contribution in [2.75, 3.05) is 30.9 Å². The summed E-state index contributed by atoms with van der Waals surface area (Å²) in [7, 11) is 1.64. The van der Waals surface area contributed by atoms with Crippen LogP contribution in [0.5, 0.6) is 0 Å². The molecule has 0 aliphatic carbocycles. The Kier molecular flexibility index (Phi) is 5.71. The third-order valence-electron chi connectivity index (χ3n) is 2.72. The molecule has 0 bridgehead atoms. The first-order valence-corrected chi connectivity index (χ1v) is 7.24. The average Bonchev–Trinajstić information content (AvgIpc) is 2.48. The number of pyridine rings is 1. The van der Waals surface area contributed by atoms with Gasteiger partial charge in [0.1, 0.15) is 5.82 Å². The first-order chi connectivity index (χ1) is 10.2. The Hall–Kier alpha value is -1.92. The number of hydrogen-bond acceptors (Lipinski definition) is 4. The Morgan fingerprint density at radius 3 is 2.95 bits per heavy atom. The Morgan fingerprint density at radius 2 is 2.19 bits per heavy atom. The van der Waals surface area contributed by atoms with Gasteiger partial charge in [-0.25, -0.2) is 4.98 Å². The number of aromatic nitrogens is 1. The van der Waals surface area contributed by atoms with E-state index in [4.69, 9.17) is 4.74 Å². The maximum absolute atomic E-state index is 12.2. The van der Waals surface area contributed by atoms with Crippen molar-refractivity contribution in [3.8, 4) is 0 Å². The van der Waals surface area contributed by atoms with Crippen LogP contribution in [-0.2, 0) is 4.74 Å². The average molecular weight is 350 g/mol. The molecule has 6 heteroatoms. The van der Waals surface area contributed by atoms with Gasteiger partial charge in [0.2, 0.25) is 0 Å². The van der Waals surface area contributed by atoms with Crippen molar-refractivity contribution >= 4 is 33.3 Å². The van der Waals surface area contributed by atoms with Crippen LogP contribution in [0.4, 0.5) is 11.5 Å². The molecule has 1 aromatic carbocycles. The fraction of sp³-hybridized carbons (Fsp3) is 0.200. The number of nitrogens with one attached hydrogen (secondary N) is 2. The molecule has 0 unspecified atom stereocenters. The number of methoxy groups -OCH3 is 1. The molecule has 0 atom stereocenters. The van der Waals surface area contributed by atoms with Crippen LogP contribution in [0.15, 0.2) is 47.1 Å². The number of nitrogens with zero attached hydrogens (tertiary/aromatic N) is 1. The molecule has 2 rings (SSSR count). The molecule has 0 aliphatic heterocycles. The quantitative estimate of drug-likeness (QED) is 0.786. The van der Waals surface area contributed by atoms with Gasteiger partial charge >= 0.3 is 0 Å². The molecule has 2 N–H and O–H groups in total. The minimum absolute atomic E-state index is 0.176. The molecule has 5 nitrogen and oxygen atoms in total. The van der Waals surface area contributed by atoms with Gasteiger partial charge in [-0.05, 0) is 30.3 Å². The van der Waals surface area contributed by atoms with Gasteiger partial charge in [-0.3, -0.25) is 4.79 Å². The molecule has 21 heavy (non-hydrogen) atoms. The van der Waals surface area contributed by atoms with E-state index < -0.39 is 0 Å². The Balaban J connectivity index is 2.03. The van der Waals surface area contributed by atoms with Gasteiger partial charge in [-0.2, -0.15) is 0 Å². The van der Waals surface area contributed by atoms with Crippen LogP contribution in [0.1, 0.15) is 10.4 Å². The SMILES string of the molecule is COCCNc1cc(C(=O)Nc2cccc(Br)c2)ccn1. The molecule has 0 saturated heterocycles. The van der Waals surface area contributed by atoms with Gasteiger partial charge in [0, 0.05) is 35.6 Å². The standard InChI is InChI=1S/C15H16BrN3O2/c1-21-8-7-18-14-9-11(5-6-17-14)15(20)19-13-4-2-3-12(16)10-13/h2-6,9-10H,7-8H2,1H3,(H,17,18)(H,19,20). The number of halogens is 1. The highest BCUT2D eigenvalue weighted by molar-refractivity contribution is 9.10. The zero-order valence-electron chi connectivity index (χ0n) is 11.6. The Bertz CT molecular complexity index is 619. The van der Waals surface area contributed by atoms with E-state index in [0.29, 0.717) is 24.5 Å². The molecule has 0 spiro atoms. The minimum Gasteiger partial charge on any atom is -0.383 e. The van der Waals surface area contributed by atoms with Crippen LogP contribution in [-0.4, -0.2) is 31.2 Å². The van der Waals surface area contributed by atoms with E-state index in [1.807, 2.05) is 24.3 Å². The van der Waals surface area contributed by atoms with Gasteiger partial charge in [0.15, 0.2) is 0 Å². The lowest BCUT2D eigenvalue weighted by Crippen LogP contribution is -2.13. The number of rotatable bonds is 6. The molecule has 0 fully saturated rings. The van der Waals surface area contributed by atoms with Crippen LogP contribution >= 0.6 is 15.9 Å². The highest BCUT2D eigenvalue weighted by Crippen LogP contribution is 2.17. The summed E-state index contributed by atoms with van der Waals surface area (Å²) < 4.78 is 5.87. The molecule has 1 heterocycles. The van der Waals surface area contributed by atoms with Gasteiger partial charge < -0.3 is 15.4 Å². The van der Waals surface area contributed by atoms with E-state index in [1.165, 1.54) is 0 Å². The molecule has 1 amide bonds. The molecule has 0 saturated carbocycles. The monoisotopic (exact) mass is 349 g/mol. The predicted octanol–water partition coefficient (Wildman–Crippen LogP) is 3.15. The lowest BCUT2D eigenvalue weighted by atomic mass is 10.2. The van der Waals surface area contributed by atoms with Crippen LogP contribution in [0.25, 0.3) is 0 Å². The summed E-state index contributed by atoms with van der Waals surface area (Å²) in [6.45, 7) is 1.22. The van der Waals surface area contributed by atoms with Crippen molar-refractivity contribution in [2.24, 2.45) is 0 Å². The molecule has 0 radical (unpaired) electrons. The van der Waals surface area contributed by atoms with E-state index in [-0.39, 0.29) is 5.91 Å². The van der Waals surface area contributed by atoms with Crippen LogP contribution in [0.3, 0.4) is 0 Å². The smallest absolute Gasteiger partial charge is 0.255 e. The maximum atomic E-state index is 12.2. The minimum atomic E-state index is -0.176. The van der Waals surface area contributed by atoms with E-state index in [2.05, 4.69) is 31.5 Å². The summed E-state index contributed by atoms with van der Waals surface area (Å²) in [5, 5.41) is 5.93. The predicted molar refractivity (Wildman–Crippen MR) is 86.7 cm³/mol. The Morgan fingerprint density at radius 1 is 1.33 bits per heavy atom. The van der Waals surface area contributed by atoms with Crippen molar-refractivity contribution in [1.82, 2.24) is 4.98 Å². The highest BCUT2D eigenvalue weighted by atomic mass is 79.9. The van der Waals surface area contributed by atoms with Gasteiger partial charge in [-0.1, -0.05) is 22.0 Å². The Labute approximate surface area is 131 Å². The highest BCUT2D eigenvalue weighted by Gasteiger charge is 2.07. The molecule has 2 aromatic rings. The van der Waals surface area contributed by atoms with Crippen LogP contribution < -0.4 is 10.6 Å². The molecule has 110 valence electrons. The third kappa shape index (κ3) is 4.84. The number of anilines is 2. The summed E-state index contributed by atoms with van der Waals surface area (Å²) in [6.07, 6.45) is 1.60. The van der Waals surface area contributed by atoms with E-state index in [0.717, 1.165) is 10.2 Å². The van der Waals surface area contributed by atoms with E-state index in [1.54, 1.807) is 25.4 Å². The number of carbonyl (C=O) groups excluding carboxylic acids is 1. The van der Waals surface area contributed by atoms with E-state index in [9.17, 15) is 4.79 Å². The van der Waals surface area contributed by atoms with E-state index >= 15 is 0 Å². The number of amides is 1. The first kappa shape index (κ1) is 15.5. The largest absolute Gasteiger partial charge is 0.383 e. The van der Waals surface area contributed by atoms with Crippen molar-refractivity contribution < 1.29 is 9.53 Å². The second kappa shape index (κ2) is 7.75. The topological polar surface area (TPSA) is 63.2 Å². The van der Waals surface area contributed by atoms with Crippen LogP contribution in [0, 0.1) is 0 Å². The summed E-state index contributed by atoms with van der Waals surface area (Å²) in [5.41, 5.74) is 1.28. The van der Waals surface area contributed by atoms with Crippen molar-refractivity contribution in [3.63, 3.8) is 0 Å². The summed E-state index contributed by atoms with van der Waals surface area (Å²) in [4.78, 5) is 16.4. The molecular formula is C15H16BrN3O2. The summed E-state index contributed by atoms with van der Waals surface area (Å²) in [6, 6.07) is 10.8. The fourth-order valence-electron chi connectivity index (χ4n) is 1.72. The molecule has 1 aromatic heterocycles. The molecule has 0 aliphatic rings. The zero-order chi connectivity index (χ0) is 15.1. The second-order valence-corrected chi connectivity index (χ2v) is 5.23. The normalized spacial score (nSPS) is 10.2. The maximum Gasteiger partial charge on any atom is 0.255 e. The third-order valence-corrected chi connectivity index (χ3v) is 3.21. The van der Waals surface area contributed by atoms with Crippen LogP contribution in [0.2, 0.25) is 0 Å². The number of carbonyl (C=O) groups is 1. The fourth-order valence-corrected chi connectivity index (χ4v) is 2.12. The number of ether oxygens (including phenoxy) is 1. The van der Waals surface area contributed by atoms with Gasteiger partial charge in [0.05, 0.1) is 6.61 Å². The second-order valence-electron chi connectivity index (χ2n) is 4.31. The summed E-state index contributed by atoms with van der Waals surface area (Å²) >= 11 is 3.37. The van der Waals surface area contributed by atoms with Gasteiger partial charge in [-0.15, -0.1) is 0 Å². The lowest BCUT2D eigenvalue weighted by molar-refractivity contribution is 0.102. The van der Waals surface area contributed by atoms with Gasteiger partial charge in [0.25, 0.3) is 5.91 Å². The van der Waals surface area contributed by atoms with Crippen molar-refractivity contribution in [2.45, 2.75) is 0 Å². The number of hydrogen-bond donors (Lipinski definition) is 2. The van der Waals surface area contributed by atoms with Crippen molar-refractivity contribution in [3.05, 3.63) is 52.6 Å². The zero-order valence-corrected chi connectivity index (χ0v) is 13.2. The first-order valence-electron chi connectivity index (χ1n) is 6.45.